The third-order valence-corrected chi connectivity index (χ3v) is 2.76. The second kappa shape index (κ2) is 5.44. The summed E-state index contributed by atoms with van der Waals surface area (Å²) in [5.74, 6) is 0.0937. The van der Waals surface area contributed by atoms with Crippen LogP contribution in [0.15, 0.2) is 18.6 Å². The van der Waals surface area contributed by atoms with Crippen LogP contribution in [-0.4, -0.2) is 45.1 Å². The van der Waals surface area contributed by atoms with E-state index in [4.69, 9.17) is 4.74 Å². The lowest BCUT2D eigenvalue weighted by molar-refractivity contribution is -0.125. The van der Waals surface area contributed by atoms with Crippen molar-refractivity contribution in [3.05, 3.63) is 18.6 Å². The first kappa shape index (κ1) is 14.2. The van der Waals surface area contributed by atoms with Crippen LogP contribution >= 0.6 is 0 Å². The Morgan fingerprint density at radius 1 is 1.40 bits per heavy atom. The largest absolute Gasteiger partial charge is 0.444 e. The number of nitrogens with zero attached hydrogens (tertiary/aromatic N) is 3. The first-order valence-electron chi connectivity index (χ1n) is 6.43. The van der Waals surface area contributed by atoms with E-state index in [9.17, 15) is 9.59 Å². The van der Waals surface area contributed by atoms with E-state index in [0.29, 0.717) is 18.8 Å². The molecule has 1 fully saturated rings. The van der Waals surface area contributed by atoms with Crippen LogP contribution in [0, 0.1) is 0 Å². The van der Waals surface area contributed by atoms with E-state index in [2.05, 4.69) is 15.3 Å². The zero-order valence-corrected chi connectivity index (χ0v) is 11.8. The Kier molecular flexibility index (Phi) is 3.87. The van der Waals surface area contributed by atoms with Gasteiger partial charge in [0.25, 0.3) is 0 Å². The van der Waals surface area contributed by atoms with Gasteiger partial charge in [0.05, 0.1) is 6.20 Å². The summed E-state index contributed by atoms with van der Waals surface area (Å²) in [6, 6.07) is -0.508. The van der Waals surface area contributed by atoms with Gasteiger partial charge in [-0.2, -0.15) is 0 Å². The molecule has 0 spiro atoms. The van der Waals surface area contributed by atoms with Gasteiger partial charge in [-0.25, -0.2) is 9.78 Å². The maximum absolute atomic E-state index is 12.0. The quantitative estimate of drug-likeness (QED) is 0.884. The van der Waals surface area contributed by atoms with E-state index < -0.39 is 17.7 Å². The minimum atomic E-state index is -0.571. The summed E-state index contributed by atoms with van der Waals surface area (Å²) in [6.07, 6.45) is 4.61. The van der Waals surface area contributed by atoms with E-state index in [0.717, 1.165) is 0 Å². The van der Waals surface area contributed by atoms with Gasteiger partial charge < -0.3 is 10.1 Å². The minimum Gasteiger partial charge on any atom is -0.444 e. The molecule has 1 aromatic rings. The number of rotatable bonds is 2. The van der Waals surface area contributed by atoms with E-state index in [1.807, 2.05) is 0 Å². The Labute approximate surface area is 117 Å². The minimum absolute atomic E-state index is 0.275. The van der Waals surface area contributed by atoms with E-state index in [-0.39, 0.29) is 5.91 Å². The normalized spacial score (nSPS) is 18.1. The van der Waals surface area contributed by atoms with Gasteiger partial charge in [0.2, 0.25) is 5.91 Å². The van der Waals surface area contributed by atoms with Crippen LogP contribution in [-0.2, 0) is 9.53 Å². The summed E-state index contributed by atoms with van der Waals surface area (Å²) < 4.78 is 5.25. The zero-order valence-electron chi connectivity index (χ0n) is 11.8. The van der Waals surface area contributed by atoms with Gasteiger partial charge in [-0.1, -0.05) is 0 Å². The SMILES string of the molecule is CC(C)(C)OC(=O)N1CCC1C(=O)Nc1cnccn1. The smallest absolute Gasteiger partial charge is 0.410 e. The fourth-order valence-corrected chi connectivity index (χ4v) is 1.77. The molecule has 0 aliphatic carbocycles. The third-order valence-electron chi connectivity index (χ3n) is 2.76. The molecule has 0 radical (unpaired) electrons. The molecule has 1 unspecified atom stereocenters. The Morgan fingerprint density at radius 3 is 2.65 bits per heavy atom. The Balaban J connectivity index is 1.93. The zero-order chi connectivity index (χ0) is 14.8. The lowest BCUT2D eigenvalue weighted by Gasteiger charge is -2.39. The number of ether oxygens (including phenoxy) is 1. The highest BCUT2D eigenvalue weighted by Crippen LogP contribution is 2.22. The lowest BCUT2D eigenvalue weighted by atomic mass is 10.0. The van der Waals surface area contributed by atoms with Crippen molar-refractivity contribution in [1.29, 1.82) is 0 Å². The highest BCUT2D eigenvalue weighted by Gasteiger charge is 2.39. The molecule has 0 saturated carbocycles. The monoisotopic (exact) mass is 278 g/mol. The van der Waals surface area contributed by atoms with Crippen LogP contribution in [0.1, 0.15) is 27.2 Å². The molecule has 2 heterocycles. The Morgan fingerprint density at radius 2 is 2.15 bits per heavy atom. The third kappa shape index (κ3) is 3.43. The number of carbonyl (C=O) groups excluding carboxylic acids is 2. The number of anilines is 1. The van der Waals surface area contributed by atoms with Crippen molar-refractivity contribution in [3.63, 3.8) is 0 Å². The molecule has 1 aliphatic heterocycles. The summed E-state index contributed by atoms with van der Waals surface area (Å²) in [5, 5.41) is 2.63. The molecule has 1 atom stereocenters. The number of nitrogens with one attached hydrogen (secondary N) is 1. The van der Waals surface area contributed by atoms with Gasteiger partial charge in [-0.05, 0) is 27.2 Å². The molecular weight excluding hydrogens is 260 g/mol. The number of carbonyl (C=O) groups is 2. The van der Waals surface area contributed by atoms with Gasteiger partial charge in [-0.3, -0.25) is 14.7 Å². The second-order valence-electron chi connectivity index (χ2n) is 5.56. The van der Waals surface area contributed by atoms with Crippen molar-refractivity contribution >= 4 is 17.8 Å². The number of hydrogen-bond donors (Lipinski definition) is 1. The van der Waals surface area contributed by atoms with E-state index in [1.54, 1.807) is 20.8 Å². The molecule has 20 heavy (non-hydrogen) atoms. The van der Waals surface area contributed by atoms with Gasteiger partial charge in [0.15, 0.2) is 5.82 Å². The molecule has 1 saturated heterocycles. The molecule has 7 nitrogen and oxygen atoms in total. The van der Waals surface area contributed by atoms with Crippen molar-refractivity contribution in [2.45, 2.75) is 38.8 Å². The molecule has 1 aromatic heterocycles. The van der Waals surface area contributed by atoms with Gasteiger partial charge in [0.1, 0.15) is 11.6 Å². The maximum atomic E-state index is 12.0. The molecule has 1 aliphatic rings. The maximum Gasteiger partial charge on any atom is 0.410 e. The predicted octanol–water partition coefficient (Wildman–Crippen LogP) is 1.42. The van der Waals surface area contributed by atoms with Crippen molar-refractivity contribution in [3.8, 4) is 0 Å². The highest BCUT2D eigenvalue weighted by atomic mass is 16.6. The van der Waals surface area contributed by atoms with Crippen LogP contribution < -0.4 is 5.32 Å². The van der Waals surface area contributed by atoms with Crippen LogP contribution in [0.25, 0.3) is 0 Å². The predicted molar refractivity (Wildman–Crippen MR) is 72.0 cm³/mol. The molecule has 0 bridgehead atoms. The van der Waals surface area contributed by atoms with Crippen LogP contribution in [0.5, 0.6) is 0 Å². The number of amides is 2. The molecule has 1 N–H and O–H groups in total. The fourth-order valence-electron chi connectivity index (χ4n) is 1.77. The lowest BCUT2D eigenvalue weighted by Crippen LogP contribution is -2.57. The summed E-state index contributed by atoms with van der Waals surface area (Å²) >= 11 is 0. The topological polar surface area (TPSA) is 84.4 Å². The first-order valence-corrected chi connectivity index (χ1v) is 6.43. The fraction of sp³-hybridized carbons (Fsp3) is 0.538. The number of hydrogen-bond acceptors (Lipinski definition) is 5. The molecule has 2 rings (SSSR count). The first-order chi connectivity index (χ1) is 9.37. The summed E-state index contributed by atoms with van der Waals surface area (Å²) in [5.41, 5.74) is -0.571. The van der Waals surface area contributed by atoms with Gasteiger partial charge >= 0.3 is 6.09 Å². The molecule has 0 aromatic carbocycles. The van der Waals surface area contributed by atoms with Crippen LogP contribution in [0.2, 0.25) is 0 Å². The summed E-state index contributed by atoms with van der Waals surface area (Å²) in [7, 11) is 0. The Hall–Kier alpha value is -2.18. The standard InChI is InChI=1S/C13H18N4O3/c1-13(2,3)20-12(19)17-7-4-9(17)11(18)16-10-8-14-5-6-15-10/h5-6,8-9H,4,7H2,1-3H3,(H,15,16,18). The molecule has 2 amide bonds. The van der Waals surface area contributed by atoms with Crippen molar-refractivity contribution in [2.75, 3.05) is 11.9 Å². The van der Waals surface area contributed by atoms with Crippen LogP contribution in [0.4, 0.5) is 10.6 Å². The van der Waals surface area contributed by atoms with Gasteiger partial charge in [-0.15, -0.1) is 0 Å². The molecular formula is C13H18N4O3. The average Bonchev–Trinajstić information content (AvgIpc) is 2.25. The highest BCUT2D eigenvalue weighted by molar-refractivity contribution is 5.96. The van der Waals surface area contributed by atoms with Crippen molar-refractivity contribution in [1.82, 2.24) is 14.9 Å². The van der Waals surface area contributed by atoms with E-state index in [1.165, 1.54) is 23.5 Å². The Bertz CT molecular complexity index is 498. The number of aromatic nitrogens is 2. The average molecular weight is 278 g/mol. The van der Waals surface area contributed by atoms with Crippen molar-refractivity contribution < 1.29 is 14.3 Å². The van der Waals surface area contributed by atoms with Gasteiger partial charge in [0, 0.05) is 18.9 Å². The van der Waals surface area contributed by atoms with E-state index >= 15 is 0 Å². The van der Waals surface area contributed by atoms with Crippen molar-refractivity contribution in [2.24, 2.45) is 0 Å². The molecule has 108 valence electrons. The number of likely N-dealkylation sites (tertiary alicyclic amines) is 1. The molecule has 7 heteroatoms. The van der Waals surface area contributed by atoms with Crippen LogP contribution in [0.3, 0.4) is 0 Å². The second-order valence-corrected chi connectivity index (χ2v) is 5.56. The summed E-state index contributed by atoms with van der Waals surface area (Å²) in [6.45, 7) is 5.89. The summed E-state index contributed by atoms with van der Waals surface area (Å²) in [4.78, 5) is 33.2.